The van der Waals surface area contributed by atoms with Crippen LogP contribution in [-0.2, 0) is 0 Å². The molecule has 0 N–H and O–H groups in total. The molecule has 3 rings (SSSR count). The maximum absolute atomic E-state index is 12.4. The summed E-state index contributed by atoms with van der Waals surface area (Å²) in [4.78, 5) is 20.9. The molecule has 24 heavy (non-hydrogen) atoms. The quantitative estimate of drug-likeness (QED) is 0.849. The minimum atomic E-state index is -0.288. The minimum absolute atomic E-state index is 0.0677. The number of aromatic nitrogens is 1. The van der Waals surface area contributed by atoms with Gasteiger partial charge < -0.3 is 14.5 Å². The van der Waals surface area contributed by atoms with Crippen molar-refractivity contribution in [3.8, 4) is 5.75 Å². The lowest BCUT2D eigenvalue weighted by molar-refractivity contribution is 0.129. The van der Waals surface area contributed by atoms with Crippen molar-refractivity contribution in [3.05, 3.63) is 53.7 Å². The standard InChI is InChI=1S/C19H23N3O2/c1-14-6-8-17(9-7-14)24-19(23)22-12-11-21(13-16(22)3)18-15(2)5-4-10-20-18/h4-10,16H,11-13H2,1-3H3. The van der Waals surface area contributed by atoms with Gasteiger partial charge in [0.25, 0.3) is 0 Å². The lowest BCUT2D eigenvalue weighted by Gasteiger charge is -2.40. The predicted octanol–water partition coefficient (Wildman–Crippen LogP) is 3.41. The van der Waals surface area contributed by atoms with Crippen LogP contribution in [0.1, 0.15) is 18.1 Å². The van der Waals surface area contributed by atoms with Crippen molar-refractivity contribution < 1.29 is 9.53 Å². The van der Waals surface area contributed by atoms with Gasteiger partial charge in [0.2, 0.25) is 0 Å². The number of amides is 1. The molecule has 1 aromatic carbocycles. The Bertz CT molecular complexity index is 715. The van der Waals surface area contributed by atoms with Crippen LogP contribution in [0.2, 0.25) is 0 Å². The monoisotopic (exact) mass is 325 g/mol. The maximum Gasteiger partial charge on any atom is 0.415 e. The molecule has 1 saturated heterocycles. The summed E-state index contributed by atoms with van der Waals surface area (Å²) in [5.41, 5.74) is 2.29. The zero-order chi connectivity index (χ0) is 17.1. The van der Waals surface area contributed by atoms with Gasteiger partial charge in [0, 0.05) is 31.9 Å². The molecule has 0 spiro atoms. The van der Waals surface area contributed by atoms with E-state index in [-0.39, 0.29) is 12.1 Å². The Morgan fingerprint density at radius 2 is 1.92 bits per heavy atom. The molecule has 1 atom stereocenters. The second-order valence-corrected chi connectivity index (χ2v) is 6.31. The van der Waals surface area contributed by atoms with Crippen molar-refractivity contribution in [1.29, 1.82) is 0 Å². The Morgan fingerprint density at radius 3 is 2.58 bits per heavy atom. The van der Waals surface area contributed by atoms with Crippen molar-refractivity contribution in [2.75, 3.05) is 24.5 Å². The number of ether oxygens (including phenoxy) is 1. The van der Waals surface area contributed by atoms with Gasteiger partial charge in [0.05, 0.1) is 0 Å². The minimum Gasteiger partial charge on any atom is -0.410 e. The van der Waals surface area contributed by atoms with E-state index in [2.05, 4.69) is 22.9 Å². The average Bonchev–Trinajstić information content (AvgIpc) is 2.57. The summed E-state index contributed by atoms with van der Waals surface area (Å²) in [5.74, 6) is 1.58. The second-order valence-electron chi connectivity index (χ2n) is 6.31. The highest BCUT2D eigenvalue weighted by molar-refractivity contribution is 5.71. The highest BCUT2D eigenvalue weighted by Crippen LogP contribution is 2.21. The first-order valence-corrected chi connectivity index (χ1v) is 8.26. The predicted molar refractivity (Wildman–Crippen MR) is 94.6 cm³/mol. The molecule has 1 aliphatic rings. The summed E-state index contributed by atoms with van der Waals surface area (Å²) >= 11 is 0. The Morgan fingerprint density at radius 1 is 1.17 bits per heavy atom. The molecule has 5 nitrogen and oxygen atoms in total. The molecule has 126 valence electrons. The molecule has 0 radical (unpaired) electrons. The number of aryl methyl sites for hydroxylation is 2. The van der Waals surface area contributed by atoms with Crippen molar-refractivity contribution in [2.24, 2.45) is 0 Å². The van der Waals surface area contributed by atoms with Gasteiger partial charge in [-0.1, -0.05) is 23.8 Å². The fraction of sp³-hybridized carbons (Fsp3) is 0.368. The smallest absolute Gasteiger partial charge is 0.410 e. The molecule has 1 unspecified atom stereocenters. The van der Waals surface area contributed by atoms with E-state index in [4.69, 9.17) is 4.74 Å². The molecule has 1 fully saturated rings. The van der Waals surface area contributed by atoms with Crippen LogP contribution in [0.3, 0.4) is 0 Å². The molecular formula is C19H23N3O2. The van der Waals surface area contributed by atoms with E-state index in [9.17, 15) is 4.79 Å². The molecule has 0 aliphatic carbocycles. The lowest BCUT2D eigenvalue weighted by Crippen LogP contribution is -2.55. The summed E-state index contributed by atoms with van der Waals surface area (Å²) in [6, 6.07) is 11.6. The summed E-state index contributed by atoms with van der Waals surface area (Å²) in [6.45, 7) is 8.24. The highest BCUT2D eigenvalue weighted by Gasteiger charge is 2.29. The van der Waals surface area contributed by atoms with Crippen molar-refractivity contribution in [1.82, 2.24) is 9.88 Å². The third kappa shape index (κ3) is 3.50. The number of rotatable bonds is 2. The SMILES string of the molecule is Cc1ccc(OC(=O)N2CCN(c3ncccc3C)CC2C)cc1. The normalized spacial score (nSPS) is 17.7. The van der Waals surface area contributed by atoms with Crippen LogP contribution in [0, 0.1) is 13.8 Å². The van der Waals surface area contributed by atoms with Gasteiger partial charge in [-0.3, -0.25) is 0 Å². The summed E-state index contributed by atoms with van der Waals surface area (Å²) in [6.07, 6.45) is 1.52. The number of carbonyl (C=O) groups excluding carboxylic acids is 1. The number of hydrogen-bond acceptors (Lipinski definition) is 4. The van der Waals surface area contributed by atoms with Gasteiger partial charge in [-0.05, 0) is 44.5 Å². The molecule has 1 aliphatic heterocycles. The highest BCUT2D eigenvalue weighted by atomic mass is 16.6. The van der Waals surface area contributed by atoms with E-state index in [1.807, 2.05) is 50.4 Å². The van der Waals surface area contributed by atoms with Crippen LogP contribution < -0.4 is 9.64 Å². The molecule has 0 bridgehead atoms. The van der Waals surface area contributed by atoms with Crippen LogP contribution in [0.5, 0.6) is 5.75 Å². The molecule has 5 heteroatoms. The maximum atomic E-state index is 12.4. The first-order chi connectivity index (χ1) is 11.5. The molecule has 0 saturated carbocycles. The topological polar surface area (TPSA) is 45.7 Å². The first kappa shape index (κ1) is 16.3. The third-order valence-corrected chi connectivity index (χ3v) is 4.37. The van der Waals surface area contributed by atoms with Crippen molar-refractivity contribution in [2.45, 2.75) is 26.8 Å². The summed E-state index contributed by atoms with van der Waals surface area (Å²) < 4.78 is 5.50. The largest absolute Gasteiger partial charge is 0.415 e. The van der Waals surface area contributed by atoms with E-state index in [1.165, 1.54) is 0 Å². The molecular weight excluding hydrogens is 302 g/mol. The number of anilines is 1. The van der Waals surface area contributed by atoms with Gasteiger partial charge in [0.1, 0.15) is 11.6 Å². The Hall–Kier alpha value is -2.56. The number of piperazine rings is 1. The average molecular weight is 325 g/mol. The number of pyridine rings is 1. The number of carbonyl (C=O) groups is 1. The molecule has 1 amide bonds. The first-order valence-electron chi connectivity index (χ1n) is 8.26. The van der Waals surface area contributed by atoms with E-state index in [1.54, 1.807) is 4.90 Å². The van der Waals surface area contributed by atoms with Crippen LogP contribution >= 0.6 is 0 Å². The Balaban J connectivity index is 1.64. The Labute approximate surface area is 142 Å². The van der Waals surface area contributed by atoms with Crippen LogP contribution in [0.25, 0.3) is 0 Å². The van der Waals surface area contributed by atoms with E-state index >= 15 is 0 Å². The Kier molecular flexibility index (Phi) is 4.69. The van der Waals surface area contributed by atoms with Crippen LogP contribution in [0.4, 0.5) is 10.6 Å². The van der Waals surface area contributed by atoms with Gasteiger partial charge in [0.15, 0.2) is 0 Å². The molecule has 1 aromatic heterocycles. The van der Waals surface area contributed by atoms with Crippen LogP contribution in [0.15, 0.2) is 42.6 Å². The van der Waals surface area contributed by atoms with Crippen molar-refractivity contribution >= 4 is 11.9 Å². The zero-order valence-electron chi connectivity index (χ0n) is 14.4. The zero-order valence-corrected chi connectivity index (χ0v) is 14.4. The number of benzene rings is 1. The number of hydrogen-bond donors (Lipinski definition) is 0. The third-order valence-electron chi connectivity index (χ3n) is 4.37. The van der Waals surface area contributed by atoms with Gasteiger partial charge in [-0.25, -0.2) is 9.78 Å². The summed E-state index contributed by atoms with van der Waals surface area (Å²) in [5, 5.41) is 0. The fourth-order valence-corrected chi connectivity index (χ4v) is 3.00. The van der Waals surface area contributed by atoms with E-state index in [0.717, 1.165) is 30.0 Å². The van der Waals surface area contributed by atoms with Crippen LogP contribution in [-0.4, -0.2) is 41.7 Å². The van der Waals surface area contributed by atoms with E-state index in [0.29, 0.717) is 12.3 Å². The fourth-order valence-electron chi connectivity index (χ4n) is 3.00. The van der Waals surface area contributed by atoms with Gasteiger partial charge in [-0.15, -0.1) is 0 Å². The van der Waals surface area contributed by atoms with E-state index < -0.39 is 0 Å². The van der Waals surface area contributed by atoms with Crippen molar-refractivity contribution in [3.63, 3.8) is 0 Å². The van der Waals surface area contributed by atoms with Gasteiger partial charge in [-0.2, -0.15) is 0 Å². The molecule has 2 aromatic rings. The molecule has 2 heterocycles. The lowest BCUT2D eigenvalue weighted by atomic mass is 10.2. The number of nitrogens with zero attached hydrogens (tertiary/aromatic N) is 3. The van der Waals surface area contributed by atoms with Gasteiger partial charge >= 0.3 is 6.09 Å². The second kappa shape index (κ2) is 6.91. The summed E-state index contributed by atoms with van der Waals surface area (Å²) in [7, 11) is 0.